The van der Waals surface area contributed by atoms with Gasteiger partial charge in [-0.25, -0.2) is 4.98 Å². The molecule has 8 heteroatoms. The Kier molecular flexibility index (Phi) is 7.55. The first-order valence-corrected chi connectivity index (χ1v) is 11.5. The molecule has 1 saturated heterocycles. The Bertz CT molecular complexity index is 916. The van der Waals surface area contributed by atoms with E-state index in [1.165, 1.54) is 0 Å². The molecule has 0 bridgehead atoms. The number of methoxy groups -OCH3 is 1. The number of anilines is 2. The van der Waals surface area contributed by atoms with E-state index in [0.717, 1.165) is 50.1 Å². The summed E-state index contributed by atoms with van der Waals surface area (Å²) in [6.07, 6.45) is 5.53. The van der Waals surface area contributed by atoms with Gasteiger partial charge < -0.3 is 20.1 Å². The highest BCUT2D eigenvalue weighted by Crippen LogP contribution is 2.28. The molecule has 2 aliphatic rings. The number of hydrogen-bond acceptors (Lipinski definition) is 7. The van der Waals surface area contributed by atoms with Crippen molar-refractivity contribution in [3.63, 3.8) is 0 Å². The first-order valence-electron chi connectivity index (χ1n) is 11.5. The lowest BCUT2D eigenvalue weighted by atomic mass is 9.97. The minimum absolute atomic E-state index is 0.0354. The first-order chi connectivity index (χ1) is 15.7. The molecule has 1 fully saturated rings. The Labute approximate surface area is 189 Å². The molecule has 1 aromatic heterocycles. The normalized spacial score (nSPS) is 16.8. The number of fused-ring (bicyclic) bond motifs is 1. The van der Waals surface area contributed by atoms with Crippen molar-refractivity contribution in [2.45, 2.75) is 38.6 Å². The molecule has 0 saturated carbocycles. The number of ether oxygens (including phenoxy) is 2. The van der Waals surface area contributed by atoms with Crippen molar-refractivity contribution in [1.29, 1.82) is 0 Å². The number of carbonyl (C=O) groups excluding carboxylic acids is 1. The molecular weight excluding hydrogens is 406 g/mol. The number of amides is 1. The average Bonchev–Trinajstić information content (AvgIpc) is 3.30. The molecule has 0 aliphatic carbocycles. The number of piperidine rings is 1. The topological polar surface area (TPSA) is 88.6 Å². The third-order valence-corrected chi connectivity index (χ3v) is 6.19. The van der Waals surface area contributed by atoms with Gasteiger partial charge in [0.15, 0.2) is 0 Å². The number of hydrogen-bond donors (Lipinski definition) is 2. The van der Waals surface area contributed by atoms with Crippen LogP contribution in [-0.4, -0.2) is 61.9 Å². The van der Waals surface area contributed by atoms with Gasteiger partial charge in [0.2, 0.25) is 5.95 Å². The van der Waals surface area contributed by atoms with Gasteiger partial charge in [-0.2, -0.15) is 4.98 Å². The van der Waals surface area contributed by atoms with Crippen molar-refractivity contribution in [1.82, 2.24) is 15.3 Å². The Morgan fingerprint density at radius 3 is 2.97 bits per heavy atom. The van der Waals surface area contributed by atoms with Gasteiger partial charge in [0.1, 0.15) is 11.6 Å². The Hall–Kier alpha value is -2.71. The molecule has 8 nitrogen and oxygen atoms in total. The fraction of sp³-hybridized carbons (Fsp3) is 0.542. The van der Waals surface area contributed by atoms with Crippen LogP contribution in [0.25, 0.3) is 0 Å². The monoisotopic (exact) mass is 439 g/mol. The minimum atomic E-state index is -0.0354. The van der Waals surface area contributed by atoms with Gasteiger partial charge in [-0.05, 0) is 68.1 Å². The van der Waals surface area contributed by atoms with Gasteiger partial charge in [-0.1, -0.05) is 6.92 Å². The van der Waals surface area contributed by atoms with Crippen LogP contribution in [0.15, 0.2) is 30.5 Å². The largest absolute Gasteiger partial charge is 0.493 e. The van der Waals surface area contributed by atoms with Crippen LogP contribution in [-0.2, 0) is 11.2 Å². The van der Waals surface area contributed by atoms with Crippen LogP contribution in [0.2, 0.25) is 0 Å². The average molecular weight is 440 g/mol. The molecule has 2 N–H and O–H groups in total. The smallest absolute Gasteiger partial charge is 0.259 e. The summed E-state index contributed by atoms with van der Waals surface area (Å²) in [5, 5.41) is 6.73. The quantitative estimate of drug-likeness (QED) is 0.621. The highest BCUT2D eigenvalue weighted by atomic mass is 16.5. The molecule has 1 amide bonds. The molecule has 4 rings (SSSR count). The highest BCUT2D eigenvalue weighted by Gasteiger charge is 2.26. The first kappa shape index (κ1) is 22.5. The van der Waals surface area contributed by atoms with Crippen LogP contribution in [0.3, 0.4) is 0 Å². The lowest BCUT2D eigenvalue weighted by Crippen LogP contribution is -2.40. The Balaban J connectivity index is 1.60. The van der Waals surface area contributed by atoms with Gasteiger partial charge in [0.25, 0.3) is 5.91 Å². The van der Waals surface area contributed by atoms with Crippen LogP contribution < -0.4 is 20.3 Å². The maximum absolute atomic E-state index is 13.7. The Morgan fingerprint density at radius 1 is 1.34 bits per heavy atom. The van der Waals surface area contributed by atoms with Crippen molar-refractivity contribution < 1.29 is 14.3 Å². The third kappa shape index (κ3) is 5.37. The predicted octanol–water partition coefficient (Wildman–Crippen LogP) is 2.89. The molecule has 1 aromatic carbocycles. The molecule has 1 atom stereocenters. The second-order valence-electron chi connectivity index (χ2n) is 8.47. The molecule has 0 radical (unpaired) electrons. The van der Waals surface area contributed by atoms with E-state index in [4.69, 9.17) is 14.5 Å². The number of nitrogens with one attached hydrogen (secondary N) is 2. The number of carbonyl (C=O) groups is 1. The maximum atomic E-state index is 13.7. The Morgan fingerprint density at radius 2 is 2.19 bits per heavy atom. The molecular formula is C24H33N5O3. The summed E-state index contributed by atoms with van der Waals surface area (Å²) < 4.78 is 10.9. The summed E-state index contributed by atoms with van der Waals surface area (Å²) in [5.41, 5.74) is 1.76. The van der Waals surface area contributed by atoms with Gasteiger partial charge in [0.05, 0.1) is 19.3 Å². The van der Waals surface area contributed by atoms with Crippen LogP contribution in [0.4, 0.5) is 11.8 Å². The third-order valence-electron chi connectivity index (χ3n) is 6.19. The van der Waals surface area contributed by atoms with Crippen LogP contribution in [0.5, 0.6) is 5.75 Å². The van der Waals surface area contributed by atoms with Crippen LogP contribution in [0.1, 0.15) is 42.1 Å². The van der Waals surface area contributed by atoms with E-state index in [-0.39, 0.29) is 11.9 Å². The van der Waals surface area contributed by atoms with Crippen LogP contribution in [0, 0.1) is 5.92 Å². The van der Waals surface area contributed by atoms with E-state index in [9.17, 15) is 4.79 Å². The lowest BCUT2D eigenvalue weighted by Gasteiger charge is -2.30. The zero-order valence-electron chi connectivity index (χ0n) is 19.0. The van der Waals surface area contributed by atoms with E-state index in [1.807, 2.05) is 29.2 Å². The summed E-state index contributed by atoms with van der Waals surface area (Å²) in [5.74, 6) is 2.41. The molecule has 3 heterocycles. The van der Waals surface area contributed by atoms with E-state index >= 15 is 0 Å². The van der Waals surface area contributed by atoms with Gasteiger partial charge in [-0.3, -0.25) is 9.69 Å². The zero-order chi connectivity index (χ0) is 22.3. The summed E-state index contributed by atoms with van der Waals surface area (Å²) in [6, 6.07) is 7.65. The van der Waals surface area contributed by atoms with Crippen LogP contribution >= 0.6 is 0 Å². The van der Waals surface area contributed by atoms with Gasteiger partial charge >= 0.3 is 0 Å². The van der Waals surface area contributed by atoms with Crippen molar-refractivity contribution in [3.8, 4) is 5.75 Å². The van der Waals surface area contributed by atoms with E-state index in [0.29, 0.717) is 43.0 Å². The summed E-state index contributed by atoms with van der Waals surface area (Å²) in [6.45, 7) is 5.93. The van der Waals surface area contributed by atoms with Crippen molar-refractivity contribution in [2.75, 3.05) is 50.2 Å². The van der Waals surface area contributed by atoms with Crippen molar-refractivity contribution in [3.05, 3.63) is 41.6 Å². The number of rotatable bonds is 9. The standard InChI is InChI=1S/C24H33N5O3/c1-3-20(16-31-2)27-24-26-12-8-22(28-24)29(15-17-6-10-25-11-7-17)23(30)19-4-5-21-18(14-19)9-13-32-21/h4-5,8,12,14,17,20,25H,3,6-7,9-11,13,15-16H2,1-2H3,(H,26,27,28). The lowest BCUT2D eigenvalue weighted by molar-refractivity contribution is 0.0980. The number of aromatic nitrogens is 2. The fourth-order valence-corrected chi connectivity index (χ4v) is 4.29. The molecule has 0 spiro atoms. The molecule has 32 heavy (non-hydrogen) atoms. The molecule has 172 valence electrons. The highest BCUT2D eigenvalue weighted by molar-refractivity contribution is 6.05. The van der Waals surface area contributed by atoms with Gasteiger partial charge in [0, 0.05) is 31.8 Å². The second-order valence-corrected chi connectivity index (χ2v) is 8.47. The minimum Gasteiger partial charge on any atom is -0.493 e. The summed E-state index contributed by atoms with van der Waals surface area (Å²) >= 11 is 0. The number of nitrogens with zero attached hydrogens (tertiary/aromatic N) is 3. The SMILES string of the molecule is CCC(COC)Nc1nccc(N(CC2CCNCC2)C(=O)c2ccc3c(c2)CCO3)n1. The summed E-state index contributed by atoms with van der Waals surface area (Å²) in [4.78, 5) is 24.6. The van der Waals surface area contributed by atoms with Gasteiger partial charge in [-0.15, -0.1) is 0 Å². The molecule has 1 unspecified atom stereocenters. The van der Waals surface area contributed by atoms with E-state index in [2.05, 4.69) is 22.5 Å². The molecule has 2 aromatic rings. The zero-order valence-corrected chi connectivity index (χ0v) is 19.0. The van der Waals surface area contributed by atoms with Crippen molar-refractivity contribution >= 4 is 17.7 Å². The predicted molar refractivity (Wildman–Crippen MR) is 125 cm³/mol. The van der Waals surface area contributed by atoms with Crippen molar-refractivity contribution in [2.24, 2.45) is 5.92 Å². The van der Waals surface area contributed by atoms with E-state index in [1.54, 1.807) is 13.3 Å². The van der Waals surface area contributed by atoms with E-state index < -0.39 is 0 Å². The maximum Gasteiger partial charge on any atom is 0.259 e. The fourth-order valence-electron chi connectivity index (χ4n) is 4.29. The number of benzene rings is 1. The second kappa shape index (κ2) is 10.7. The molecule has 2 aliphatic heterocycles. The summed E-state index contributed by atoms with van der Waals surface area (Å²) in [7, 11) is 1.68.